The number of esters is 1. The molecule has 23 heavy (non-hydrogen) atoms. The summed E-state index contributed by atoms with van der Waals surface area (Å²) in [5.41, 5.74) is 18.2. The molecule has 122 valence electrons. The van der Waals surface area contributed by atoms with E-state index in [1.807, 2.05) is 36.4 Å². The number of nitrogens with two attached hydrogens (primary N) is 3. The first-order valence-electron chi connectivity index (χ1n) is 7.33. The van der Waals surface area contributed by atoms with Crippen molar-refractivity contribution in [2.24, 2.45) is 22.2 Å². The maximum atomic E-state index is 12.0. The summed E-state index contributed by atoms with van der Waals surface area (Å²) < 4.78 is 5.32. The van der Waals surface area contributed by atoms with Crippen LogP contribution in [0, 0.1) is 0 Å². The molecule has 0 aromatic heterocycles. The van der Waals surface area contributed by atoms with Gasteiger partial charge in [0.1, 0.15) is 6.04 Å². The summed E-state index contributed by atoms with van der Waals surface area (Å²) in [7, 11) is 0. The lowest BCUT2D eigenvalue weighted by atomic mass is 10.2. The zero-order chi connectivity index (χ0) is 16.7. The summed E-state index contributed by atoms with van der Waals surface area (Å²) in [6.07, 6.45) is 6.47. The second kappa shape index (κ2) is 8.00. The van der Waals surface area contributed by atoms with Crippen LogP contribution in [0.4, 0.5) is 5.69 Å². The van der Waals surface area contributed by atoms with Crippen LogP contribution in [0.2, 0.25) is 0 Å². The molecule has 0 bridgehead atoms. The number of nitrogens with one attached hydrogen (secondary N) is 1. The van der Waals surface area contributed by atoms with Crippen molar-refractivity contribution in [1.29, 1.82) is 0 Å². The van der Waals surface area contributed by atoms with Gasteiger partial charge in [-0.3, -0.25) is 4.99 Å². The standard InChI is InChI=1S/C16H21N5O2/c17-12(7-4-10-20-16(18)19)15(22)23-14-9-3-6-11-5-1-2-8-13(11)21-14/h1-3,5-6,8-9,12,21H,4,7,10,17H2,(H4,18,19,20)/t12-/m0/s1. The first kappa shape index (κ1) is 16.6. The van der Waals surface area contributed by atoms with Crippen LogP contribution in [0.1, 0.15) is 18.4 Å². The lowest BCUT2D eigenvalue weighted by Crippen LogP contribution is -2.33. The Morgan fingerprint density at radius 1 is 1.30 bits per heavy atom. The fraction of sp³-hybridized carbons (Fsp3) is 0.250. The van der Waals surface area contributed by atoms with E-state index in [4.69, 9.17) is 21.9 Å². The second-order valence-electron chi connectivity index (χ2n) is 5.08. The zero-order valence-corrected chi connectivity index (χ0v) is 12.7. The highest BCUT2D eigenvalue weighted by Crippen LogP contribution is 2.22. The Morgan fingerprint density at radius 2 is 2.09 bits per heavy atom. The predicted molar refractivity (Wildman–Crippen MR) is 91.2 cm³/mol. The van der Waals surface area contributed by atoms with Crippen LogP contribution in [-0.2, 0) is 9.53 Å². The van der Waals surface area contributed by atoms with Gasteiger partial charge in [-0.05, 0) is 30.5 Å². The van der Waals surface area contributed by atoms with E-state index in [0.717, 1.165) is 11.3 Å². The number of allylic oxidation sites excluding steroid dienone is 2. The van der Waals surface area contributed by atoms with Crippen LogP contribution in [0.25, 0.3) is 6.08 Å². The summed E-state index contributed by atoms with van der Waals surface area (Å²) in [5, 5.41) is 3.07. The highest BCUT2D eigenvalue weighted by Gasteiger charge is 2.17. The van der Waals surface area contributed by atoms with Gasteiger partial charge in [0.25, 0.3) is 0 Å². The summed E-state index contributed by atoms with van der Waals surface area (Å²) >= 11 is 0. The maximum absolute atomic E-state index is 12.0. The van der Waals surface area contributed by atoms with Gasteiger partial charge in [0, 0.05) is 12.2 Å². The quantitative estimate of drug-likeness (QED) is 0.267. The van der Waals surface area contributed by atoms with E-state index in [0.29, 0.717) is 25.3 Å². The third-order valence-electron chi connectivity index (χ3n) is 3.22. The molecule has 0 saturated heterocycles. The highest BCUT2D eigenvalue weighted by atomic mass is 16.5. The minimum atomic E-state index is -0.727. The Bertz CT molecular complexity index is 648. The molecule has 0 radical (unpaired) electrons. The van der Waals surface area contributed by atoms with Crippen molar-refractivity contribution in [2.45, 2.75) is 18.9 Å². The Balaban J connectivity index is 1.87. The number of ether oxygens (including phenoxy) is 1. The molecule has 7 N–H and O–H groups in total. The number of hydrogen-bond donors (Lipinski definition) is 4. The molecular weight excluding hydrogens is 294 g/mol. The molecule has 1 heterocycles. The molecule has 0 unspecified atom stereocenters. The lowest BCUT2D eigenvalue weighted by molar-refractivity contribution is -0.140. The average Bonchev–Trinajstić information content (AvgIpc) is 2.72. The smallest absolute Gasteiger partial charge is 0.329 e. The molecule has 1 aromatic rings. The predicted octanol–water partition coefficient (Wildman–Crippen LogP) is 0.891. The van der Waals surface area contributed by atoms with Crippen molar-refractivity contribution in [3.8, 4) is 0 Å². The normalized spacial score (nSPS) is 13.9. The molecule has 1 atom stereocenters. The third-order valence-corrected chi connectivity index (χ3v) is 3.22. The maximum Gasteiger partial charge on any atom is 0.329 e. The Morgan fingerprint density at radius 3 is 2.87 bits per heavy atom. The number of carbonyl (C=O) groups is 1. The molecule has 2 rings (SSSR count). The first-order chi connectivity index (χ1) is 11.1. The number of carbonyl (C=O) groups excluding carboxylic acids is 1. The van der Waals surface area contributed by atoms with Crippen molar-refractivity contribution < 1.29 is 9.53 Å². The average molecular weight is 315 g/mol. The van der Waals surface area contributed by atoms with Gasteiger partial charge < -0.3 is 27.3 Å². The molecule has 0 aliphatic carbocycles. The van der Waals surface area contributed by atoms with Gasteiger partial charge in [0.15, 0.2) is 5.96 Å². The van der Waals surface area contributed by atoms with E-state index in [1.165, 1.54) is 0 Å². The number of para-hydroxylation sites is 1. The number of fused-ring (bicyclic) bond motifs is 1. The fourth-order valence-electron chi connectivity index (χ4n) is 2.05. The molecule has 1 aliphatic rings. The highest BCUT2D eigenvalue weighted by molar-refractivity contribution is 5.78. The molecule has 0 fully saturated rings. The number of nitrogens with zero attached hydrogens (tertiary/aromatic N) is 1. The van der Waals surface area contributed by atoms with E-state index in [1.54, 1.807) is 6.08 Å². The van der Waals surface area contributed by atoms with Crippen molar-refractivity contribution in [2.75, 3.05) is 11.9 Å². The number of aliphatic imine (C=N–C) groups is 1. The number of rotatable bonds is 6. The lowest BCUT2D eigenvalue weighted by Gasteiger charge is -2.14. The Hall–Kier alpha value is -2.80. The van der Waals surface area contributed by atoms with E-state index < -0.39 is 12.0 Å². The van der Waals surface area contributed by atoms with Gasteiger partial charge in [-0.25, -0.2) is 4.79 Å². The van der Waals surface area contributed by atoms with E-state index in [9.17, 15) is 4.79 Å². The SMILES string of the molecule is NC(N)=NCCC[C@H](N)C(=O)OC1=CC=Cc2ccccc2N1. The topological polar surface area (TPSA) is 129 Å². The van der Waals surface area contributed by atoms with Crippen LogP contribution in [0.3, 0.4) is 0 Å². The van der Waals surface area contributed by atoms with Crippen LogP contribution in [0.5, 0.6) is 0 Å². The zero-order valence-electron chi connectivity index (χ0n) is 12.7. The number of guanidine groups is 1. The number of benzene rings is 1. The molecule has 0 amide bonds. The molecule has 0 saturated carbocycles. The van der Waals surface area contributed by atoms with Gasteiger partial charge in [0.05, 0.1) is 0 Å². The van der Waals surface area contributed by atoms with Crippen molar-refractivity contribution in [3.05, 3.63) is 47.9 Å². The Kier molecular flexibility index (Phi) is 5.76. The molecular formula is C16H21N5O2. The summed E-state index contributed by atoms with van der Waals surface area (Å²) in [4.78, 5) is 15.9. The number of anilines is 1. The minimum Gasteiger partial charge on any atom is -0.408 e. The molecule has 7 heteroatoms. The van der Waals surface area contributed by atoms with Crippen LogP contribution in [0.15, 0.2) is 47.3 Å². The van der Waals surface area contributed by atoms with Gasteiger partial charge in [-0.15, -0.1) is 0 Å². The van der Waals surface area contributed by atoms with E-state index >= 15 is 0 Å². The van der Waals surface area contributed by atoms with E-state index in [-0.39, 0.29) is 5.96 Å². The summed E-state index contributed by atoms with van der Waals surface area (Å²) in [6.45, 7) is 0.431. The van der Waals surface area contributed by atoms with Crippen molar-refractivity contribution in [3.63, 3.8) is 0 Å². The van der Waals surface area contributed by atoms with Crippen LogP contribution >= 0.6 is 0 Å². The molecule has 1 aromatic carbocycles. The fourth-order valence-corrected chi connectivity index (χ4v) is 2.05. The third kappa shape index (κ3) is 5.15. The van der Waals surface area contributed by atoms with Gasteiger partial charge >= 0.3 is 5.97 Å². The van der Waals surface area contributed by atoms with Crippen molar-refractivity contribution >= 4 is 23.7 Å². The van der Waals surface area contributed by atoms with Crippen LogP contribution < -0.4 is 22.5 Å². The van der Waals surface area contributed by atoms with Crippen molar-refractivity contribution in [1.82, 2.24) is 0 Å². The largest absolute Gasteiger partial charge is 0.408 e. The minimum absolute atomic E-state index is 0.0272. The molecule has 7 nitrogen and oxygen atoms in total. The molecule has 0 spiro atoms. The first-order valence-corrected chi connectivity index (χ1v) is 7.33. The second-order valence-corrected chi connectivity index (χ2v) is 5.08. The monoisotopic (exact) mass is 315 g/mol. The van der Waals surface area contributed by atoms with Gasteiger partial charge in [-0.2, -0.15) is 0 Å². The number of hydrogen-bond acceptors (Lipinski definition) is 5. The summed E-state index contributed by atoms with van der Waals surface area (Å²) in [5.74, 6) is -0.128. The van der Waals surface area contributed by atoms with Gasteiger partial charge in [-0.1, -0.05) is 30.4 Å². The molecule has 1 aliphatic heterocycles. The van der Waals surface area contributed by atoms with Crippen LogP contribution in [-0.4, -0.2) is 24.5 Å². The van der Waals surface area contributed by atoms with Gasteiger partial charge in [0.2, 0.25) is 5.88 Å². The Labute approximate surface area is 134 Å². The summed E-state index contributed by atoms with van der Waals surface area (Å²) in [6, 6.07) is 6.98. The van der Waals surface area contributed by atoms with E-state index in [2.05, 4.69) is 10.3 Å².